The molecule has 1 aromatic carbocycles. The zero-order valence-corrected chi connectivity index (χ0v) is 10.2. The van der Waals surface area contributed by atoms with Gasteiger partial charge in [-0.25, -0.2) is 0 Å². The Hall–Kier alpha value is -1.71. The molecular weight excluding hydrogens is 216 g/mol. The van der Waals surface area contributed by atoms with E-state index in [0.29, 0.717) is 23.0 Å². The van der Waals surface area contributed by atoms with Gasteiger partial charge in [0.15, 0.2) is 0 Å². The molecule has 2 rings (SSSR count). The van der Waals surface area contributed by atoms with E-state index in [1.165, 1.54) is 0 Å². The molecule has 4 heteroatoms. The molecular formula is C13H18N2O2. The van der Waals surface area contributed by atoms with Crippen molar-refractivity contribution in [2.24, 2.45) is 0 Å². The van der Waals surface area contributed by atoms with Gasteiger partial charge < -0.3 is 15.8 Å². The molecule has 1 aliphatic carbocycles. The first kappa shape index (κ1) is 11.8. The highest BCUT2D eigenvalue weighted by Crippen LogP contribution is 2.25. The number of rotatable bonds is 4. The van der Waals surface area contributed by atoms with Gasteiger partial charge in [0.2, 0.25) is 0 Å². The van der Waals surface area contributed by atoms with E-state index in [0.717, 1.165) is 12.8 Å². The van der Waals surface area contributed by atoms with E-state index in [-0.39, 0.29) is 12.0 Å². The van der Waals surface area contributed by atoms with Crippen molar-refractivity contribution in [3.63, 3.8) is 0 Å². The van der Waals surface area contributed by atoms with Crippen LogP contribution in [0.5, 0.6) is 5.75 Å². The molecule has 1 saturated carbocycles. The number of benzene rings is 1. The molecule has 17 heavy (non-hydrogen) atoms. The maximum Gasteiger partial charge on any atom is 0.251 e. The summed E-state index contributed by atoms with van der Waals surface area (Å²) in [6.45, 7) is 3.85. The van der Waals surface area contributed by atoms with Crippen molar-refractivity contribution in [1.29, 1.82) is 0 Å². The van der Waals surface area contributed by atoms with Gasteiger partial charge in [-0.05, 0) is 44.9 Å². The Balaban J connectivity index is 2.13. The molecule has 0 saturated heterocycles. The Bertz CT molecular complexity index is 425. The molecule has 0 unspecified atom stereocenters. The van der Waals surface area contributed by atoms with Gasteiger partial charge in [0, 0.05) is 11.6 Å². The lowest BCUT2D eigenvalue weighted by Crippen LogP contribution is -2.25. The van der Waals surface area contributed by atoms with Gasteiger partial charge in [-0.15, -0.1) is 0 Å². The van der Waals surface area contributed by atoms with Crippen LogP contribution in [0.1, 0.15) is 37.0 Å². The first-order valence-corrected chi connectivity index (χ1v) is 5.93. The summed E-state index contributed by atoms with van der Waals surface area (Å²) in [5.74, 6) is 0.518. The number of hydrogen-bond donors (Lipinski definition) is 2. The number of ether oxygens (including phenoxy) is 1. The Morgan fingerprint density at radius 3 is 2.76 bits per heavy atom. The van der Waals surface area contributed by atoms with Gasteiger partial charge in [-0.3, -0.25) is 4.79 Å². The molecule has 1 aromatic rings. The Kier molecular flexibility index (Phi) is 3.22. The molecule has 1 fully saturated rings. The molecule has 0 heterocycles. The van der Waals surface area contributed by atoms with E-state index in [4.69, 9.17) is 10.5 Å². The largest absolute Gasteiger partial charge is 0.489 e. The van der Waals surface area contributed by atoms with E-state index < -0.39 is 0 Å². The van der Waals surface area contributed by atoms with Crippen molar-refractivity contribution in [2.75, 3.05) is 5.73 Å². The number of nitrogen functional groups attached to an aromatic ring is 1. The fraction of sp³-hybridized carbons (Fsp3) is 0.462. The summed E-state index contributed by atoms with van der Waals surface area (Å²) in [6, 6.07) is 5.49. The fourth-order valence-electron chi connectivity index (χ4n) is 1.53. The average molecular weight is 234 g/mol. The van der Waals surface area contributed by atoms with Crippen LogP contribution in [0, 0.1) is 0 Å². The summed E-state index contributed by atoms with van der Waals surface area (Å²) in [6.07, 6.45) is 2.20. The second-order valence-corrected chi connectivity index (χ2v) is 4.67. The number of anilines is 1. The van der Waals surface area contributed by atoms with E-state index in [2.05, 4.69) is 5.32 Å². The van der Waals surface area contributed by atoms with Crippen LogP contribution in [0.3, 0.4) is 0 Å². The molecule has 4 nitrogen and oxygen atoms in total. The topological polar surface area (TPSA) is 64.3 Å². The fourth-order valence-corrected chi connectivity index (χ4v) is 1.53. The second kappa shape index (κ2) is 4.65. The monoisotopic (exact) mass is 234 g/mol. The summed E-state index contributed by atoms with van der Waals surface area (Å²) in [5, 5.41) is 2.93. The van der Waals surface area contributed by atoms with Crippen molar-refractivity contribution >= 4 is 11.6 Å². The van der Waals surface area contributed by atoms with Crippen molar-refractivity contribution in [2.45, 2.75) is 38.8 Å². The number of amides is 1. The van der Waals surface area contributed by atoms with Crippen LogP contribution in [0.4, 0.5) is 5.69 Å². The van der Waals surface area contributed by atoms with Gasteiger partial charge in [0.05, 0.1) is 11.8 Å². The number of hydrogen-bond acceptors (Lipinski definition) is 3. The Morgan fingerprint density at radius 1 is 1.47 bits per heavy atom. The highest BCUT2D eigenvalue weighted by Gasteiger charge is 2.24. The lowest BCUT2D eigenvalue weighted by molar-refractivity contribution is 0.0950. The molecule has 0 radical (unpaired) electrons. The number of carbonyl (C=O) groups excluding carboxylic acids is 1. The standard InChI is InChI=1S/C13H18N2O2/c1-8(2)17-12-7-9(3-6-11(12)14)13(16)15-10-4-5-10/h3,6-8,10H,4-5,14H2,1-2H3,(H,15,16). The van der Waals surface area contributed by atoms with Crippen molar-refractivity contribution in [3.8, 4) is 5.75 Å². The van der Waals surface area contributed by atoms with Crippen molar-refractivity contribution < 1.29 is 9.53 Å². The zero-order chi connectivity index (χ0) is 12.4. The lowest BCUT2D eigenvalue weighted by Gasteiger charge is -2.13. The first-order chi connectivity index (χ1) is 8.06. The molecule has 0 atom stereocenters. The molecule has 0 aromatic heterocycles. The molecule has 3 N–H and O–H groups in total. The lowest BCUT2D eigenvalue weighted by atomic mass is 10.1. The van der Waals surface area contributed by atoms with Crippen molar-refractivity contribution in [1.82, 2.24) is 5.32 Å². The van der Waals surface area contributed by atoms with Crippen LogP contribution in [0.25, 0.3) is 0 Å². The minimum atomic E-state index is -0.0545. The summed E-state index contributed by atoms with van der Waals surface area (Å²) in [4.78, 5) is 11.8. The van der Waals surface area contributed by atoms with Crippen LogP contribution in [-0.4, -0.2) is 18.1 Å². The molecule has 92 valence electrons. The maximum absolute atomic E-state index is 11.8. The highest BCUT2D eigenvalue weighted by molar-refractivity contribution is 5.95. The molecule has 1 aliphatic rings. The summed E-state index contributed by atoms with van der Waals surface area (Å²) in [5.41, 5.74) is 6.95. The predicted octanol–water partition coefficient (Wildman–Crippen LogP) is 1.95. The summed E-state index contributed by atoms with van der Waals surface area (Å²) < 4.78 is 5.55. The van der Waals surface area contributed by atoms with E-state index >= 15 is 0 Å². The Morgan fingerprint density at radius 2 is 2.18 bits per heavy atom. The molecule has 0 aliphatic heterocycles. The predicted molar refractivity (Wildman–Crippen MR) is 67.1 cm³/mol. The van der Waals surface area contributed by atoms with E-state index in [9.17, 15) is 4.79 Å². The van der Waals surface area contributed by atoms with Crippen LogP contribution in [0.15, 0.2) is 18.2 Å². The van der Waals surface area contributed by atoms with Crippen LogP contribution in [-0.2, 0) is 0 Å². The quantitative estimate of drug-likeness (QED) is 0.783. The normalized spacial score (nSPS) is 14.8. The van der Waals surface area contributed by atoms with Crippen LogP contribution < -0.4 is 15.8 Å². The van der Waals surface area contributed by atoms with Crippen LogP contribution >= 0.6 is 0 Å². The maximum atomic E-state index is 11.8. The van der Waals surface area contributed by atoms with Gasteiger partial charge in [0.1, 0.15) is 5.75 Å². The van der Waals surface area contributed by atoms with Gasteiger partial charge in [-0.2, -0.15) is 0 Å². The minimum absolute atomic E-state index is 0.0408. The highest BCUT2D eigenvalue weighted by atomic mass is 16.5. The second-order valence-electron chi connectivity index (χ2n) is 4.67. The minimum Gasteiger partial charge on any atom is -0.489 e. The number of nitrogens with one attached hydrogen (secondary N) is 1. The Labute approximate surface area is 101 Å². The third-order valence-electron chi connectivity index (χ3n) is 2.55. The smallest absolute Gasteiger partial charge is 0.251 e. The number of carbonyl (C=O) groups is 1. The van der Waals surface area contributed by atoms with Gasteiger partial charge >= 0.3 is 0 Å². The zero-order valence-electron chi connectivity index (χ0n) is 10.2. The van der Waals surface area contributed by atoms with E-state index in [1.54, 1.807) is 18.2 Å². The SMILES string of the molecule is CC(C)Oc1cc(C(=O)NC2CC2)ccc1N. The molecule has 1 amide bonds. The molecule has 0 bridgehead atoms. The third-order valence-corrected chi connectivity index (χ3v) is 2.55. The van der Waals surface area contributed by atoms with Gasteiger partial charge in [0.25, 0.3) is 5.91 Å². The van der Waals surface area contributed by atoms with E-state index in [1.807, 2.05) is 13.8 Å². The third kappa shape index (κ3) is 3.12. The van der Waals surface area contributed by atoms with Crippen LogP contribution in [0.2, 0.25) is 0 Å². The summed E-state index contributed by atoms with van der Waals surface area (Å²) in [7, 11) is 0. The molecule has 0 spiro atoms. The van der Waals surface area contributed by atoms with Gasteiger partial charge in [-0.1, -0.05) is 0 Å². The number of nitrogens with two attached hydrogens (primary N) is 1. The van der Waals surface area contributed by atoms with Crippen molar-refractivity contribution in [3.05, 3.63) is 23.8 Å². The first-order valence-electron chi connectivity index (χ1n) is 5.93. The summed E-state index contributed by atoms with van der Waals surface area (Å²) >= 11 is 0. The average Bonchev–Trinajstić information content (AvgIpc) is 3.04.